The molecule has 2 aromatic carbocycles. The van der Waals surface area contributed by atoms with Gasteiger partial charge in [0, 0.05) is 18.0 Å². The first-order valence-corrected chi connectivity index (χ1v) is 14.3. The van der Waals surface area contributed by atoms with E-state index in [1.165, 1.54) is 54.7 Å². The molecule has 45 heavy (non-hydrogen) atoms. The number of hydrogen-bond donors (Lipinski definition) is 4. The third-order valence-electron chi connectivity index (χ3n) is 7.11. The van der Waals surface area contributed by atoms with Crippen LogP contribution in [-0.4, -0.2) is 65.0 Å². The second-order valence-corrected chi connectivity index (χ2v) is 11.6. The molecule has 1 aromatic heterocycles. The molecular weight excluding hydrogens is 593 g/mol. The number of ether oxygens (including phenoxy) is 2. The fraction of sp³-hybridized carbons (Fsp3) is 0.375. The molecule has 1 aliphatic rings. The number of morpholine rings is 1. The summed E-state index contributed by atoms with van der Waals surface area (Å²) in [5.74, 6) is -4.49. The Labute approximate surface area is 258 Å². The largest absolute Gasteiger partial charge is 0.480 e. The van der Waals surface area contributed by atoms with E-state index in [4.69, 9.17) is 14.6 Å². The van der Waals surface area contributed by atoms with Gasteiger partial charge in [0.25, 0.3) is 0 Å². The van der Waals surface area contributed by atoms with Gasteiger partial charge in [-0.15, -0.1) is 0 Å². The summed E-state index contributed by atoms with van der Waals surface area (Å²) < 4.78 is 53.9. The zero-order valence-electron chi connectivity index (χ0n) is 25.0. The summed E-state index contributed by atoms with van der Waals surface area (Å²) in [6.45, 7) is 5.14. The Bertz CT molecular complexity index is 1440. The number of hydrogen-bond acceptors (Lipinski definition) is 7. The molecule has 0 bridgehead atoms. The summed E-state index contributed by atoms with van der Waals surface area (Å²) in [5.41, 5.74) is 0.113. The summed E-state index contributed by atoms with van der Waals surface area (Å²) in [4.78, 5) is 42.1. The number of carboxylic acid groups (broad SMARTS) is 1. The number of anilines is 1. The Morgan fingerprint density at radius 2 is 1.62 bits per heavy atom. The van der Waals surface area contributed by atoms with Crippen molar-refractivity contribution < 1.29 is 42.1 Å². The van der Waals surface area contributed by atoms with Crippen molar-refractivity contribution in [2.24, 2.45) is 0 Å². The van der Waals surface area contributed by atoms with E-state index in [0.717, 1.165) is 6.20 Å². The van der Waals surface area contributed by atoms with Crippen molar-refractivity contribution in [3.8, 4) is 0 Å². The predicted octanol–water partition coefficient (Wildman–Crippen LogP) is 4.54. The van der Waals surface area contributed by atoms with Crippen LogP contribution in [0.5, 0.6) is 0 Å². The number of amides is 2. The number of pyridine rings is 1. The number of benzene rings is 2. The first kappa shape index (κ1) is 33.4. The molecule has 13 heteroatoms. The van der Waals surface area contributed by atoms with Crippen molar-refractivity contribution in [2.75, 3.05) is 18.5 Å². The molecule has 2 amide bonds. The number of nitrogens with one attached hydrogen (secondary N) is 3. The van der Waals surface area contributed by atoms with Gasteiger partial charge in [-0.1, -0.05) is 24.3 Å². The van der Waals surface area contributed by atoms with Crippen LogP contribution in [0.1, 0.15) is 49.8 Å². The molecule has 240 valence electrons. The van der Waals surface area contributed by atoms with Gasteiger partial charge in [-0.2, -0.15) is 0 Å². The number of aliphatic carboxylic acids is 1. The second kappa shape index (κ2) is 14.5. The fourth-order valence-electron chi connectivity index (χ4n) is 4.96. The van der Waals surface area contributed by atoms with Gasteiger partial charge in [-0.3, -0.25) is 19.9 Å². The van der Waals surface area contributed by atoms with Crippen LogP contribution in [-0.2, 0) is 25.5 Å². The van der Waals surface area contributed by atoms with E-state index in [0.29, 0.717) is 17.5 Å². The summed E-state index contributed by atoms with van der Waals surface area (Å²) in [5, 5.41) is 17.3. The van der Waals surface area contributed by atoms with E-state index in [-0.39, 0.29) is 30.8 Å². The molecule has 0 spiro atoms. The van der Waals surface area contributed by atoms with Crippen LogP contribution in [0.4, 0.5) is 23.7 Å². The maximum absolute atomic E-state index is 15.1. The molecule has 10 nitrogen and oxygen atoms in total. The quantitative estimate of drug-likeness (QED) is 0.257. The monoisotopic (exact) mass is 628 g/mol. The molecule has 4 N–H and O–H groups in total. The smallest absolute Gasteiger partial charge is 0.408 e. The van der Waals surface area contributed by atoms with Crippen LogP contribution in [0.15, 0.2) is 60.9 Å². The van der Waals surface area contributed by atoms with Crippen molar-refractivity contribution in [1.29, 1.82) is 0 Å². The lowest BCUT2D eigenvalue weighted by molar-refractivity contribution is -0.144. The molecule has 0 saturated carbocycles. The van der Waals surface area contributed by atoms with Crippen molar-refractivity contribution >= 4 is 23.7 Å². The number of aromatic nitrogens is 1. The highest BCUT2D eigenvalue weighted by Gasteiger charge is 2.35. The molecule has 0 aliphatic carbocycles. The van der Waals surface area contributed by atoms with E-state index < -0.39 is 65.1 Å². The van der Waals surface area contributed by atoms with Crippen LogP contribution in [0.2, 0.25) is 0 Å². The number of carbonyl (C=O) groups is 3. The molecule has 1 aliphatic heterocycles. The van der Waals surface area contributed by atoms with Gasteiger partial charge in [0.15, 0.2) is 0 Å². The molecule has 1 saturated heterocycles. The van der Waals surface area contributed by atoms with Crippen LogP contribution < -0.4 is 16.0 Å². The fourth-order valence-corrected chi connectivity index (χ4v) is 4.96. The lowest BCUT2D eigenvalue weighted by atomic mass is 9.84. The summed E-state index contributed by atoms with van der Waals surface area (Å²) in [6, 6.07) is 8.35. The molecule has 2 heterocycles. The Balaban J connectivity index is 1.64. The average molecular weight is 629 g/mol. The molecule has 0 radical (unpaired) electrons. The minimum Gasteiger partial charge on any atom is -0.480 e. The molecule has 4 rings (SSSR count). The van der Waals surface area contributed by atoms with E-state index in [1.54, 1.807) is 20.8 Å². The van der Waals surface area contributed by atoms with Crippen molar-refractivity contribution in [1.82, 2.24) is 15.6 Å². The number of halogens is 3. The van der Waals surface area contributed by atoms with Gasteiger partial charge < -0.3 is 25.2 Å². The summed E-state index contributed by atoms with van der Waals surface area (Å²) in [6.07, 6.45) is 1.36. The van der Waals surface area contributed by atoms with E-state index >= 15 is 4.39 Å². The lowest BCUT2D eigenvalue weighted by Gasteiger charge is -2.30. The zero-order chi connectivity index (χ0) is 32.7. The molecular formula is C32H35F3N4O6. The molecule has 3 atom stereocenters. The van der Waals surface area contributed by atoms with Crippen molar-refractivity contribution in [3.05, 3.63) is 95.1 Å². The second-order valence-electron chi connectivity index (χ2n) is 11.6. The number of carbonyl (C=O) groups excluding carboxylic acids is 2. The lowest BCUT2D eigenvalue weighted by Crippen LogP contribution is -2.50. The number of alkyl carbamates (subject to hydrolysis) is 1. The van der Waals surface area contributed by atoms with Crippen LogP contribution >= 0.6 is 0 Å². The minimum atomic E-state index is -1.40. The summed E-state index contributed by atoms with van der Waals surface area (Å²) >= 11 is 0. The highest BCUT2D eigenvalue weighted by Crippen LogP contribution is 2.31. The SMILES string of the molecule is CC(C)(C)OC(=O)NC(C(=O)Nc1cncc(F)c1CCC1CNC(C(=O)O)CO1)C(c1ccc(F)cc1)c1ccc(F)cc1. The first-order valence-electron chi connectivity index (χ1n) is 14.3. The van der Waals surface area contributed by atoms with Gasteiger partial charge >= 0.3 is 12.1 Å². The Morgan fingerprint density at radius 1 is 1.02 bits per heavy atom. The normalized spacial score (nSPS) is 17.4. The van der Waals surface area contributed by atoms with Crippen LogP contribution in [0.25, 0.3) is 0 Å². The Hall–Kier alpha value is -4.49. The topological polar surface area (TPSA) is 139 Å². The highest BCUT2D eigenvalue weighted by atomic mass is 19.1. The van der Waals surface area contributed by atoms with Gasteiger partial charge in [0.2, 0.25) is 5.91 Å². The van der Waals surface area contributed by atoms with Gasteiger partial charge in [-0.25, -0.2) is 18.0 Å². The number of rotatable bonds is 10. The summed E-state index contributed by atoms with van der Waals surface area (Å²) in [7, 11) is 0. The maximum atomic E-state index is 15.1. The third-order valence-corrected chi connectivity index (χ3v) is 7.11. The third kappa shape index (κ3) is 9.25. The average Bonchev–Trinajstić information content (AvgIpc) is 2.97. The predicted molar refractivity (Wildman–Crippen MR) is 158 cm³/mol. The van der Waals surface area contributed by atoms with E-state index in [2.05, 4.69) is 20.9 Å². The Kier molecular flexibility index (Phi) is 10.8. The van der Waals surface area contributed by atoms with Gasteiger partial charge in [0.05, 0.1) is 30.8 Å². The van der Waals surface area contributed by atoms with E-state index in [1.807, 2.05) is 0 Å². The highest BCUT2D eigenvalue weighted by molar-refractivity contribution is 5.98. The molecule has 1 fully saturated rings. The zero-order valence-corrected chi connectivity index (χ0v) is 25.0. The van der Waals surface area contributed by atoms with E-state index in [9.17, 15) is 23.2 Å². The maximum Gasteiger partial charge on any atom is 0.408 e. The van der Waals surface area contributed by atoms with Gasteiger partial charge in [-0.05, 0) is 69.0 Å². The van der Waals surface area contributed by atoms with Crippen LogP contribution in [0.3, 0.4) is 0 Å². The molecule has 3 unspecified atom stereocenters. The number of carboxylic acids is 1. The first-order chi connectivity index (χ1) is 21.3. The van der Waals surface area contributed by atoms with Crippen LogP contribution in [0, 0.1) is 17.5 Å². The van der Waals surface area contributed by atoms with Crippen molar-refractivity contribution in [3.63, 3.8) is 0 Å². The minimum absolute atomic E-state index is 0.0418. The molecule has 3 aromatic rings. The Morgan fingerprint density at radius 3 is 2.13 bits per heavy atom. The standard InChI is InChI=1S/C32H35F3N4O6/c1-32(2,3)45-31(43)39-28(27(18-4-8-20(33)9-5-18)19-6-10-21(34)11-7-19)29(40)38-25-16-36-15-24(35)23(25)13-12-22-14-37-26(17-44-22)30(41)42/h4-11,15-16,22,26-28,37H,12-14,17H2,1-3H3,(H,38,40)(H,39,43)(H,41,42). The number of nitrogens with zero attached hydrogens (tertiary/aromatic N) is 1. The van der Waals surface area contributed by atoms with Gasteiger partial charge in [0.1, 0.15) is 35.1 Å². The van der Waals surface area contributed by atoms with Crippen molar-refractivity contribution in [2.45, 2.75) is 63.3 Å².